The Morgan fingerprint density at radius 3 is 2.32 bits per heavy atom. The summed E-state index contributed by atoms with van der Waals surface area (Å²) in [7, 11) is 0. The Hall–Kier alpha value is -2.57. The van der Waals surface area contributed by atoms with E-state index in [4.69, 9.17) is 4.74 Å². The molecule has 0 unspecified atom stereocenters. The molecule has 7 nitrogen and oxygen atoms in total. The van der Waals surface area contributed by atoms with Crippen LogP contribution in [0.4, 0.5) is 10.5 Å². The van der Waals surface area contributed by atoms with Crippen molar-refractivity contribution in [2.45, 2.75) is 64.0 Å². The molecule has 2 N–H and O–H groups in total. The van der Waals surface area contributed by atoms with Gasteiger partial charge in [-0.3, -0.25) is 14.9 Å². The van der Waals surface area contributed by atoms with Gasteiger partial charge in [0, 0.05) is 25.2 Å². The zero-order valence-electron chi connectivity index (χ0n) is 16.8. The van der Waals surface area contributed by atoms with Gasteiger partial charge in [0.15, 0.2) is 0 Å². The Balaban J connectivity index is 1.51. The maximum atomic E-state index is 12.2. The lowest BCUT2D eigenvalue weighted by atomic mass is 9.89. The van der Waals surface area contributed by atoms with Gasteiger partial charge in [-0.05, 0) is 63.6 Å². The van der Waals surface area contributed by atoms with Gasteiger partial charge in [-0.2, -0.15) is 0 Å². The lowest BCUT2D eigenvalue weighted by molar-refractivity contribution is -0.133. The number of benzene rings is 1. The van der Waals surface area contributed by atoms with Crippen LogP contribution < -0.4 is 10.6 Å². The summed E-state index contributed by atoms with van der Waals surface area (Å²) in [5.74, 6) is -0.0747. The highest BCUT2D eigenvalue weighted by atomic mass is 16.6. The van der Waals surface area contributed by atoms with E-state index in [-0.39, 0.29) is 23.9 Å². The number of nitrogens with one attached hydrogen (secondary N) is 2. The molecule has 1 aromatic rings. The molecule has 2 saturated heterocycles. The van der Waals surface area contributed by atoms with E-state index in [9.17, 15) is 14.4 Å². The van der Waals surface area contributed by atoms with Crippen LogP contribution in [0.1, 0.15) is 57.9 Å². The van der Waals surface area contributed by atoms with Crippen LogP contribution in [-0.4, -0.2) is 47.5 Å². The minimum Gasteiger partial charge on any atom is -0.444 e. The van der Waals surface area contributed by atoms with Gasteiger partial charge in [0.1, 0.15) is 11.6 Å². The molecule has 0 saturated carbocycles. The minimum absolute atomic E-state index is 0.212. The maximum absolute atomic E-state index is 12.2. The molecule has 2 fully saturated rings. The van der Waals surface area contributed by atoms with Gasteiger partial charge in [-0.15, -0.1) is 0 Å². The van der Waals surface area contributed by atoms with Gasteiger partial charge in [0.05, 0.1) is 0 Å². The maximum Gasteiger partial charge on any atom is 0.410 e. The Labute approximate surface area is 165 Å². The van der Waals surface area contributed by atoms with E-state index in [1.54, 1.807) is 4.90 Å². The summed E-state index contributed by atoms with van der Waals surface area (Å²) < 4.78 is 5.45. The Bertz CT molecular complexity index is 731. The molecule has 1 aromatic carbocycles. The molecule has 1 atom stereocenters. The molecule has 0 radical (unpaired) electrons. The SMILES string of the molecule is CC(C)(C)OC(=O)N1CCC(c2ccc(N[C@H]3CCC(=O)NC3=O)cc2)CC1. The summed E-state index contributed by atoms with van der Waals surface area (Å²) in [6.07, 6.45) is 2.43. The Morgan fingerprint density at radius 1 is 1.11 bits per heavy atom. The zero-order valence-corrected chi connectivity index (χ0v) is 16.8. The molecular formula is C21H29N3O4. The first-order valence-electron chi connectivity index (χ1n) is 9.89. The van der Waals surface area contributed by atoms with Crippen LogP contribution in [0.25, 0.3) is 0 Å². The van der Waals surface area contributed by atoms with Crippen LogP contribution in [0.15, 0.2) is 24.3 Å². The first-order valence-corrected chi connectivity index (χ1v) is 9.89. The first-order chi connectivity index (χ1) is 13.2. The Kier molecular flexibility index (Phi) is 5.91. The average Bonchev–Trinajstić information content (AvgIpc) is 2.63. The number of carbonyl (C=O) groups excluding carboxylic acids is 3. The van der Waals surface area contributed by atoms with Crippen molar-refractivity contribution in [1.29, 1.82) is 0 Å². The number of rotatable bonds is 3. The van der Waals surface area contributed by atoms with Crippen LogP contribution in [0.2, 0.25) is 0 Å². The van der Waals surface area contributed by atoms with E-state index in [0.29, 0.717) is 31.8 Å². The molecule has 2 aliphatic heterocycles. The topological polar surface area (TPSA) is 87.7 Å². The molecular weight excluding hydrogens is 358 g/mol. The molecule has 0 bridgehead atoms. The number of amides is 3. The summed E-state index contributed by atoms with van der Waals surface area (Å²) in [6, 6.07) is 7.71. The monoisotopic (exact) mass is 387 g/mol. The number of piperidine rings is 2. The quantitative estimate of drug-likeness (QED) is 0.779. The summed E-state index contributed by atoms with van der Waals surface area (Å²) in [5, 5.41) is 5.55. The zero-order chi connectivity index (χ0) is 20.3. The van der Waals surface area contributed by atoms with Crippen molar-refractivity contribution in [2.75, 3.05) is 18.4 Å². The van der Waals surface area contributed by atoms with Gasteiger partial charge < -0.3 is 15.0 Å². The highest BCUT2D eigenvalue weighted by Gasteiger charge is 2.28. The molecule has 0 aliphatic carbocycles. The third-order valence-electron chi connectivity index (χ3n) is 5.11. The van der Waals surface area contributed by atoms with Crippen molar-refractivity contribution in [1.82, 2.24) is 10.2 Å². The van der Waals surface area contributed by atoms with Gasteiger partial charge in [0.25, 0.3) is 0 Å². The molecule has 7 heteroatoms. The summed E-state index contributed by atoms with van der Waals surface area (Å²) in [4.78, 5) is 37.0. The van der Waals surface area contributed by atoms with Crippen molar-refractivity contribution in [3.05, 3.63) is 29.8 Å². The molecule has 3 amide bonds. The van der Waals surface area contributed by atoms with Crippen LogP contribution >= 0.6 is 0 Å². The largest absolute Gasteiger partial charge is 0.444 e. The van der Waals surface area contributed by atoms with Gasteiger partial charge in [-0.1, -0.05) is 12.1 Å². The fraction of sp³-hybridized carbons (Fsp3) is 0.571. The molecule has 0 aromatic heterocycles. The first kappa shape index (κ1) is 20.2. The van der Waals surface area contributed by atoms with E-state index >= 15 is 0 Å². The van der Waals surface area contributed by atoms with Crippen molar-refractivity contribution in [3.8, 4) is 0 Å². The summed E-state index contributed by atoms with van der Waals surface area (Å²) in [5.41, 5.74) is 1.63. The number of hydrogen-bond donors (Lipinski definition) is 2. The molecule has 2 aliphatic rings. The van der Waals surface area contributed by atoms with Crippen molar-refractivity contribution in [3.63, 3.8) is 0 Å². The van der Waals surface area contributed by atoms with Crippen LogP contribution in [0.3, 0.4) is 0 Å². The van der Waals surface area contributed by atoms with Crippen LogP contribution in [0, 0.1) is 0 Å². The standard InChI is InChI=1S/C21H29N3O4/c1-21(2,3)28-20(27)24-12-10-15(11-13-24)14-4-6-16(7-5-14)22-17-8-9-18(25)23-19(17)26/h4-7,15,17,22H,8-13H2,1-3H3,(H,23,25,26)/t17-/m0/s1. The summed E-state index contributed by atoms with van der Waals surface area (Å²) >= 11 is 0. The number of nitrogens with zero attached hydrogens (tertiary/aromatic N) is 1. The van der Waals surface area contributed by atoms with Gasteiger partial charge in [-0.25, -0.2) is 4.79 Å². The normalized spacial score (nSPS) is 21.2. The number of imide groups is 1. The molecule has 0 spiro atoms. The van der Waals surface area contributed by atoms with E-state index in [0.717, 1.165) is 18.5 Å². The average molecular weight is 387 g/mol. The van der Waals surface area contributed by atoms with Crippen LogP contribution in [-0.2, 0) is 14.3 Å². The molecule has 152 valence electrons. The lowest BCUT2D eigenvalue weighted by Crippen LogP contribution is -2.47. The fourth-order valence-corrected chi connectivity index (χ4v) is 3.61. The summed E-state index contributed by atoms with van der Waals surface area (Å²) in [6.45, 7) is 7.01. The highest BCUT2D eigenvalue weighted by Crippen LogP contribution is 2.29. The van der Waals surface area contributed by atoms with Gasteiger partial charge in [0.2, 0.25) is 11.8 Å². The van der Waals surface area contributed by atoms with E-state index < -0.39 is 5.60 Å². The van der Waals surface area contributed by atoms with Crippen molar-refractivity contribution >= 4 is 23.6 Å². The van der Waals surface area contributed by atoms with Gasteiger partial charge >= 0.3 is 6.09 Å². The van der Waals surface area contributed by atoms with Crippen molar-refractivity contribution < 1.29 is 19.1 Å². The second-order valence-corrected chi connectivity index (χ2v) is 8.51. The number of likely N-dealkylation sites (tertiary alicyclic amines) is 1. The van der Waals surface area contributed by atoms with E-state index in [1.165, 1.54) is 5.56 Å². The number of carbonyl (C=O) groups is 3. The Morgan fingerprint density at radius 2 is 1.75 bits per heavy atom. The van der Waals surface area contributed by atoms with E-state index in [2.05, 4.69) is 22.8 Å². The predicted octanol–water partition coefficient (Wildman–Crippen LogP) is 3.02. The second-order valence-electron chi connectivity index (χ2n) is 8.51. The number of hydrogen-bond acceptors (Lipinski definition) is 5. The van der Waals surface area contributed by atoms with Crippen molar-refractivity contribution in [2.24, 2.45) is 0 Å². The third-order valence-corrected chi connectivity index (χ3v) is 5.11. The predicted molar refractivity (Wildman–Crippen MR) is 106 cm³/mol. The smallest absolute Gasteiger partial charge is 0.410 e. The second kappa shape index (κ2) is 8.20. The molecule has 2 heterocycles. The lowest BCUT2D eigenvalue weighted by Gasteiger charge is -2.33. The van der Waals surface area contributed by atoms with Crippen LogP contribution in [0.5, 0.6) is 0 Å². The highest BCUT2D eigenvalue weighted by molar-refractivity contribution is 6.01. The van der Waals surface area contributed by atoms with E-state index in [1.807, 2.05) is 32.9 Å². The third kappa shape index (κ3) is 5.24. The number of ether oxygens (including phenoxy) is 1. The number of anilines is 1. The fourth-order valence-electron chi connectivity index (χ4n) is 3.61. The molecule has 3 rings (SSSR count). The molecule has 28 heavy (non-hydrogen) atoms. The minimum atomic E-state index is -0.473.